The number of alkyl halides is 3. The Morgan fingerprint density at radius 1 is 1.31 bits per heavy atom. The van der Waals surface area contributed by atoms with Gasteiger partial charge in [-0.3, -0.25) is 9.59 Å². The van der Waals surface area contributed by atoms with E-state index in [9.17, 15) is 22.8 Å². The zero-order valence-corrected chi connectivity index (χ0v) is 6.39. The molecule has 0 spiro atoms. The zero-order valence-electron chi connectivity index (χ0n) is 6.39. The molecule has 0 N–H and O–H groups in total. The van der Waals surface area contributed by atoms with Gasteiger partial charge in [0.25, 0.3) is 0 Å². The number of rotatable bonds is 1. The highest BCUT2D eigenvalue weighted by Gasteiger charge is 2.37. The molecule has 0 aromatic carbocycles. The van der Waals surface area contributed by atoms with Crippen LogP contribution < -0.4 is 0 Å². The number of hydrogen-bond donors (Lipinski definition) is 0. The van der Waals surface area contributed by atoms with Crippen LogP contribution >= 0.6 is 0 Å². The van der Waals surface area contributed by atoms with Crippen molar-refractivity contribution in [2.24, 2.45) is 0 Å². The van der Waals surface area contributed by atoms with Gasteiger partial charge < -0.3 is 0 Å². The van der Waals surface area contributed by atoms with Crippen molar-refractivity contribution < 1.29 is 22.8 Å². The molecule has 0 bridgehead atoms. The molecule has 0 atom stereocenters. The van der Waals surface area contributed by atoms with E-state index in [1.54, 1.807) is 0 Å². The van der Waals surface area contributed by atoms with E-state index in [2.05, 4.69) is 0 Å². The largest absolute Gasteiger partial charge is 0.413 e. The summed E-state index contributed by atoms with van der Waals surface area (Å²) in [5, 5.41) is 0. The van der Waals surface area contributed by atoms with Crippen LogP contribution in [0.3, 0.4) is 0 Å². The molecule has 0 aromatic heterocycles. The van der Waals surface area contributed by atoms with Crippen LogP contribution in [-0.4, -0.2) is 18.2 Å². The second-order valence-electron chi connectivity index (χ2n) is 2.53. The van der Waals surface area contributed by atoms with Gasteiger partial charge >= 0.3 is 6.18 Å². The van der Waals surface area contributed by atoms with Crippen LogP contribution in [0.4, 0.5) is 13.2 Å². The molecule has 0 amide bonds. The minimum atomic E-state index is -4.60. The number of allylic oxidation sites excluding steroid dienone is 4. The molecular formula is C8H5F3O2. The maximum atomic E-state index is 12.1. The molecular weight excluding hydrogens is 185 g/mol. The van der Waals surface area contributed by atoms with Gasteiger partial charge in [-0.25, -0.2) is 0 Å². The number of carbonyl (C=O) groups is 2. The molecule has 13 heavy (non-hydrogen) atoms. The van der Waals surface area contributed by atoms with Gasteiger partial charge in [-0.05, 0) is 12.2 Å². The van der Waals surface area contributed by atoms with Crippen molar-refractivity contribution in [1.82, 2.24) is 0 Å². The first kappa shape index (κ1) is 9.70. The Hall–Kier alpha value is -1.39. The fraction of sp³-hybridized carbons (Fsp3) is 0.250. The minimum Gasteiger partial charge on any atom is -0.298 e. The van der Waals surface area contributed by atoms with E-state index in [1.165, 1.54) is 0 Å². The van der Waals surface area contributed by atoms with Gasteiger partial charge in [0.05, 0.1) is 5.57 Å². The third-order valence-corrected chi connectivity index (χ3v) is 1.62. The lowest BCUT2D eigenvalue weighted by Gasteiger charge is -2.14. The van der Waals surface area contributed by atoms with Crippen LogP contribution in [0.15, 0.2) is 23.3 Å². The van der Waals surface area contributed by atoms with E-state index < -0.39 is 29.5 Å². The molecule has 0 unspecified atom stereocenters. The Morgan fingerprint density at radius 2 is 1.92 bits per heavy atom. The number of carbonyl (C=O) groups excluding carboxylic acids is 2. The first-order valence-electron chi connectivity index (χ1n) is 3.41. The Labute approximate surface area is 71.7 Å². The van der Waals surface area contributed by atoms with Gasteiger partial charge in [-0.15, -0.1) is 0 Å². The lowest BCUT2D eigenvalue weighted by atomic mass is 9.97. The van der Waals surface area contributed by atoms with E-state index in [-0.39, 0.29) is 6.29 Å². The summed E-state index contributed by atoms with van der Waals surface area (Å²) in [5.41, 5.74) is -1.53. The predicted octanol–water partition coefficient (Wildman–Crippen LogP) is 1.57. The van der Waals surface area contributed by atoms with Gasteiger partial charge in [0.2, 0.25) is 0 Å². The molecule has 70 valence electrons. The predicted molar refractivity (Wildman–Crippen MR) is 37.9 cm³/mol. The average molecular weight is 190 g/mol. The highest BCUT2D eigenvalue weighted by molar-refractivity contribution is 5.97. The minimum absolute atomic E-state index is 0.103. The van der Waals surface area contributed by atoms with Crippen molar-refractivity contribution in [3.05, 3.63) is 23.3 Å². The SMILES string of the molecule is O=CC1=C(C(F)(F)F)CC(=O)C=C1. The first-order chi connectivity index (χ1) is 5.95. The summed E-state index contributed by atoms with van der Waals surface area (Å²) in [6.45, 7) is 0. The number of hydrogen-bond acceptors (Lipinski definition) is 2. The maximum Gasteiger partial charge on any atom is 0.413 e. The van der Waals surface area contributed by atoms with E-state index in [0.29, 0.717) is 0 Å². The van der Waals surface area contributed by atoms with Crippen LogP contribution in [0, 0.1) is 0 Å². The zero-order chi connectivity index (χ0) is 10.1. The highest BCUT2D eigenvalue weighted by atomic mass is 19.4. The lowest BCUT2D eigenvalue weighted by Crippen LogP contribution is -2.19. The fourth-order valence-corrected chi connectivity index (χ4v) is 0.993. The van der Waals surface area contributed by atoms with Crippen molar-refractivity contribution in [2.45, 2.75) is 12.6 Å². The van der Waals surface area contributed by atoms with Gasteiger partial charge in [-0.2, -0.15) is 13.2 Å². The summed E-state index contributed by atoms with van der Waals surface area (Å²) in [4.78, 5) is 20.8. The van der Waals surface area contributed by atoms with E-state index >= 15 is 0 Å². The molecule has 1 aliphatic rings. The molecule has 0 saturated carbocycles. The number of ketones is 1. The Bertz CT molecular complexity index is 310. The summed E-state index contributed by atoms with van der Waals surface area (Å²) < 4.78 is 36.4. The first-order valence-corrected chi connectivity index (χ1v) is 3.41. The van der Waals surface area contributed by atoms with Gasteiger partial charge in [0.15, 0.2) is 5.78 Å². The van der Waals surface area contributed by atoms with Crippen molar-refractivity contribution >= 4 is 12.1 Å². The van der Waals surface area contributed by atoms with Crippen LogP contribution in [0.2, 0.25) is 0 Å². The number of halogens is 3. The lowest BCUT2D eigenvalue weighted by molar-refractivity contribution is -0.120. The molecule has 0 saturated heterocycles. The Balaban J connectivity index is 3.13. The van der Waals surface area contributed by atoms with Gasteiger partial charge in [0, 0.05) is 12.0 Å². The molecule has 0 heterocycles. The Kier molecular flexibility index (Phi) is 2.36. The summed E-state index contributed by atoms with van der Waals surface area (Å²) in [7, 11) is 0. The molecule has 5 heteroatoms. The standard InChI is InChI=1S/C8H5F3O2/c9-8(10,11)7-3-6(13)2-1-5(7)4-12/h1-2,4H,3H2. The van der Waals surface area contributed by atoms with E-state index in [4.69, 9.17) is 0 Å². The smallest absolute Gasteiger partial charge is 0.298 e. The molecule has 1 aliphatic carbocycles. The summed E-state index contributed by atoms with van der Waals surface area (Å²) in [6.07, 6.45) is -3.38. The van der Waals surface area contributed by atoms with E-state index in [1.807, 2.05) is 0 Å². The normalized spacial score (nSPS) is 17.9. The van der Waals surface area contributed by atoms with Gasteiger partial charge in [-0.1, -0.05) is 0 Å². The molecule has 0 aliphatic heterocycles. The van der Waals surface area contributed by atoms with Crippen LogP contribution in [0.25, 0.3) is 0 Å². The third-order valence-electron chi connectivity index (χ3n) is 1.62. The van der Waals surface area contributed by atoms with Crippen molar-refractivity contribution in [1.29, 1.82) is 0 Å². The van der Waals surface area contributed by atoms with E-state index in [0.717, 1.165) is 12.2 Å². The maximum absolute atomic E-state index is 12.1. The second kappa shape index (κ2) is 3.16. The fourth-order valence-electron chi connectivity index (χ4n) is 0.993. The highest BCUT2D eigenvalue weighted by Crippen LogP contribution is 2.32. The molecule has 1 rings (SSSR count). The van der Waals surface area contributed by atoms with Gasteiger partial charge in [0.1, 0.15) is 6.29 Å². The van der Waals surface area contributed by atoms with Crippen LogP contribution in [0.5, 0.6) is 0 Å². The molecule has 0 radical (unpaired) electrons. The summed E-state index contributed by atoms with van der Waals surface area (Å²) in [6, 6.07) is 0. The molecule has 0 fully saturated rings. The topological polar surface area (TPSA) is 34.1 Å². The number of aldehydes is 1. The summed E-state index contributed by atoms with van der Waals surface area (Å²) >= 11 is 0. The van der Waals surface area contributed by atoms with Crippen molar-refractivity contribution in [3.8, 4) is 0 Å². The van der Waals surface area contributed by atoms with Crippen LogP contribution in [0.1, 0.15) is 6.42 Å². The second-order valence-corrected chi connectivity index (χ2v) is 2.53. The molecule has 2 nitrogen and oxygen atoms in total. The van der Waals surface area contributed by atoms with Crippen molar-refractivity contribution in [3.63, 3.8) is 0 Å². The quantitative estimate of drug-likeness (QED) is 0.588. The average Bonchev–Trinajstić information content (AvgIpc) is 2.03. The van der Waals surface area contributed by atoms with Crippen LogP contribution in [-0.2, 0) is 9.59 Å². The third kappa shape index (κ3) is 2.05. The molecule has 0 aromatic rings. The summed E-state index contributed by atoms with van der Waals surface area (Å²) in [5.74, 6) is -0.641. The monoisotopic (exact) mass is 190 g/mol. The van der Waals surface area contributed by atoms with Crippen molar-refractivity contribution in [2.75, 3.05) is 0 Å². The Morgan fingerprint density at radius 3 is 2.38 bits per heavy atom.